The first-order valence-corrected chi connectivity index (χ1v) is 15.6. The number of carbonyl (C=O) groups excluding carboxylic acids is 4. The lowest BCUT2D eigenvalue weighted by atomic mass is 9.82. The van der Waals surface area contributed by atoms with Crippen LogP contribution in [0.5, 0.6) is 0 Å². The van der Waals surface area contributed by atoms with Crippen LogP contribution >= 0.6 is 0 Å². The number of hydrogen-bond donors (Lipinski definition) is 2. The normalized spacial score (nSPS) is 25.0. The molecule has 2 fully saturated rings. The minimum Gasteiger partial charge on any atom is -0.445 e. The van der Waals surface area contributed by atoms with Crippen molar-refractivity contribution in [2.75, 3.05) is 20.2 Å². The Bertz CT molecular complexity index is 928. The summed E-state index contributed by atoms with van der Waals surface area (Å²) in [6, 6.07) is -0.798. The van der Waals surface area contributed by atoms with Crippen LogP contribution in [0, 0.1) is 5.92 Å². The SMILES string of the molecule is C=CCOC(=O)N1C[C@H](OC(=O)NC)C[C@H]1C=C(C)C(=O)C[C@H]1NC(=O)[C@@H]1[C@@H](C)O[Si](C)(C)C(C)(C)C. The maximum absolute atomic E-state index is 13.1. The number of Topliss-reactive ketones (excluding diaryl/α,β-unsaturated/α-hetero) is 1. The molecule has 2 N–H and O–H groups in total. The molecule has 0 unspecified atom stereocenters. The summed E-state index contributed by atoms with van der Waals surface area (Å²) in [4.78, 5) is 51.2. The van der Waals surface area contributed by atoms with Crippen molar-refractivity contribution in [3.63, 3.8) is 0 Å². The number of allylic oxidation sites excluding steroid dienone is 1. The highest BCUT2D eigenvalue weighted by atomic mass is 28.4. The van der Waals surface area contributed by atoms with E-state index in [-0.39, 0.29) is 48.4 Å². The molecule has 0 aliphatic carbocycles. The highest BCUT2D eigenvalue weighted by Gasteiger charge is 2.48. The maximum atomic E-state index is 13.1. The van der Waals surface area contributed by atoms with Gasteiger partial charge in [0.15, 0.2) is 14.1 Å². The molecule has 2 heterocycles. The van der Waals surface area contributed by atoms with E-state index in [9.17, 15) is 19.2 Å². The van der Waals surface area contributed by atoms with Crippen molar-refractivity contribution >= 4 is 32.2 Å². The van der Waals surface area contributed by atoms with Crippen LogP contribution in [0.25, 0.3) is 0 Å². The topological polar surface area (TPSA) is 123 Å². The number of alkyl carbamates (subject to hydrolysis) is 1. The Balaban J connectivity index is 2.09. The molecule has 0 saturated carbocycles. The average Bonchev–Trinajstić information content (AvgIpc) is 3.17. The second-order valence-electron chi connectivity index (χ2n) is 11.3. The van der Waals surface area contributed by atoms with Crippen LogP contribution in [0.3, 0.4) is 0 Å². The van der Waals surface area contributed by atoms with E-state index in [1.165, 1.54) is 18.0 Å². The van der Waals surface area contributed by atoms with Gasteiger partial charge in [-0.3, -0.25) is 14.5 Å². The summed E-state index contributed by atoms with van der Waals surface area (Å²) in [5, 5.41) is 5.25. The van der Waals surface area contributed by atoms with Crippen LogP contribution in [0.4, 0.5) is 9.59 Å². The largest absolute Gasteiger partial charge is 0.445 e. The smallest absolute Gasteiger partial charge is 0.410 e. The van der Waals surface area contributed by atoms with E-state index in [1.807, 2.05) is 6.92 Å². The molecular weight excluding hydrogens is 494 g/mol. The number of carbonyl (C=O) groups is 4. The predicted octanol–water partition coefficient (Wildman–Crippen LogP) is 3.54. The zero-order valence-electron chi connectivity index (χ0n) is 23.4. The van der Waals surface area contributed by atoms with Gasteiger partial charge in [-0.1, -0.05) is 39.5 Å². The molecule has 2 saturated heterocycles. The molecule has 11 heteroatoms. The Hall–Kier alpha value is -2.66. The fourth-order valence-electron chi connectivity index (χ4n) is 4.33. The first-order chi connectivity index (χ1) is 17.1. The molecule has 0 radical (unpaired) electrons. The number of ketones is 1. The van der Waals surface area contributed by atoms with Gasteiger partial charge in [-0.15, -0.1) is 0 Å². The van der Waals surface area contributed by atoms with Crippen LogP contribution in [0.1, 0.15) is 47.5 Å². The number of β-lactam (4-membered cyclic amide) rings is 1. The highest BCUT2D eigenvalue weighted by Crippen LogP contribution is 2.39. The lowest BCUT2D eigenvalue weighted by Crippen LogP contribution is -2.64. The summed E-state index contributed by atoms with van der Waals surface area (Å²) < 4.78 is 16.9. The average molecular weight is 538 g/mol. The third-order valence-electron chi connectivity index (χ3n) is 7.49. The number of rotatable bonds is 10. The van der Waals surface area contributed by atoms with Crippen LogP contribution in [0.15, 0.2) is 24.3 Å². The van der Waals surface area contributed by atoms with Crippen LogP contribution < -0.4 is 10.6 Å². The first kappa shape index (κ1) is 30.6. The van der Waals surface area contributed by atoms with Crippen molar-refractivity contribution < 1.29 is 33.1 Å². The van der Waals surface area contributed by atoms with Gasteiger partial charge in [-0.2, -0.15) is 0 Å². The fourth-order valence-corrected chi connectivity index (χ4v) is 5.76. The second-order valence-corrected chi connectivity index (χ2v) is 16.1. The van der Waals surface area contributed by atoms with Crippen LogP contribution in [-0.4, -0.2) is 81.6 Å². The molecule has 0 aromatic heterocycles. The van der Waals surface area contributed by atoms with Crippen LogP contribution in [0.2, 0.25) is 18.1 Å². The Morgan fingerprint density at radius 3 is 2.49 bits per heavy atom. The summed E-state index contributed by atoms with van der Waals surface area (Å²) >= 11 is 0. The zero-order chi connectivity index (χ0) is 28.1. The van der Waals surface area contributed by atoms with Crippen molar-refractivity contribution in [2.45, 2.75) is 89.9 Å². The van der Waals surface area contributed by atoms with Gasteiger partial charge < -0.3 is 24.5 Å². The van der Waals surface area contributed by atoms with Gasteiger partial charge in [0, 0.05) is 19.9 Å². The third kappa shape index (κ3) is 7.67. The molecule has 0 bridgehead atoms. The molecule has 208 valence electrons. The molecule has 5 atom stereocenters. The lowest BCUT2D eigenvalue weighted by molar-refractivity contribution is -0.141. The van der Waals surface area contributed by atoms with E-state index < -0.39 is 38.6 Å². The summed E-state index contributed by atoms with van der Waals surface area (Å²) in [6.45, 7) is 18.0. The molecule has 10 nitrogen and oxygen atoms in total. The molecule has 2 aliphatic rings. The number of likely N-dealkylation sites (tertiary alicyclic amines) is 1. The number of nitrogens with zero attached hydrogens (tertiary/aromatic N) is 1. The molecule has 2 aliphatic heterocycles. The Morgan fingerprint density at radius 1 is 1.30 bits per heavy atom. The van der Waals surface area contributed by atoms with Gasteiger partial charge in [-0.05, 0) is 37.6 Å². The lowest BCUT2D eigenvalue weighted by Gasteiger charge is -2.45. The summed E-state index contributed by atoms with van der Waals surface area (Å²) in [5.74, 6) is -0.635. The first-order valence-electron chi connectivity index (χ1n) is 12.7. The molecule has 0 spiro atoms. The Morgan fingerprint density at radius 2 is 1.95 bits per heavy atom. The third-order valence-corrected chi connectivity index (χ3v) is 12.1. The van der Waals surface area contributed by atoms with Crippen molar-refractivity contribution in [2.24, 2.45) is 5.92 Å². The molecule has 0 aromatic rings. The van der Waals surface area contributed by atoms with E-state index in [0.29, 0.717) is 12.0 Å². The molecule has 2 rings (SSSR count). The van der Waals surface area contributed by atoms with Crippen molar-refractivity contribution in [1.82, 2.24) is 15.5 Å². The van der Waals surface area contributed by atoms with E-state index >= 15 is 0 Å². The highest BCUT2D eigenvalue weighted by molar-refractivity contribution is 6.74. The van der Waals surface area contributed by atoms with E-state index in [0.717, 1.165) is 0 Å². The zero-order valence-corrected chi connectivity index (χ0v) is 24.4. The minimum absolute atomic E-state index is 0.00544. The van der Waals surface area contributed by atoms with E-state index in [4.69, 9.17) is 13.9 Å². The van der Waals surface area contributed by atoms with Gasteiger partial charge >= 0.3 is 12.2 Å². The predicted molar refractivity (Wildman–Crippen MR) is 143 cm³/mol. The van der Waals surface area contributed by atoms with E-state index in [2.05, 4.69) is 51.1 Å². The van der Waals surface area contributed by atoms with Gasteiger partial charge in [0.25, 0.3) is 0 Å². The minimum atomic E-state index is -2.08. The standard InChI is InChI=1S/C26H43N3O7Si/c1-10-11-34-25(33)29-15-19(35-24(32)27-7)13-18(29)12-16(2)21(30)14-20-22(23(31)28-20)17(3)36-37(8,9)26(4,5)6/h10,12,17-20,22H,1,11,13-15H2,2-9H3,(H,27,32)(H,28,31)/t17-,18-,19-,20-,22-/m1/s1. The number of nitrogens with one attached hydrogen (secondary N) is 2. The van der Waals surface area contributed by atoms with Crippen LogP contribution in [-0.2, 0) is 23.5 Å². The maximum Gasteiger partial charge on any atom is 0.410 e. The van der Waals surface area contributed by atoms with Crippen molar-refractivity contribution in [3.8, 4) is 0 Å². The molecule has 0 aromatic carbocycles. The molecule has 37 heavy (non-hydrogen) atoms. The monoisotopic (exact) mass is 537 g/mol. The summed E-state index contributed by atoms with van der Waals surface area (Å²) in [6.07, 6.45) is 1.63. The van der Waals surface area contributed by atoms with E-state index in [1.54, 1.807) is 13.0 Å². The molecular formula is C26H43N3O7Si. The fraction of sp³-hybridized carbons (Fsp3) is 0.692. The Labute approximate surface area is 221 Å². The summed E-state index contributed by atoms with van der Waals surface area (Å²) in [7, 11) is -0.624. The Kier molecular flexibility index (Phi) is 10.1. The van der Waals surface area contributed by atoms with Gasteiger partial charge in [0.05, 0.1) is 30.7 Å². The van der Waals surface area contributed by atoms with Crippen molar-refractivity contribution in [1.29, 1.82) is 0 Å². The number of hydrogen-bond acceptors (Lipinski definition) is 7. The second kappa shape index (κ2) is 12.3. The summed E-state index contributed by atoms with van der Waals surface area (Å²) in [5.41, 5.74) is 0.463. The number of ether oxygens (including phenoxy) is 2. The van der Waals surface area contributed by atoms with Gasteiger partial charge in [0.2, 0.25) is 5.91 Å². The van der Waals surface area contributed by atoms with Crippen molar-refractivity contribution in [3.05, 3.63) is 24.3 Å². The quantitative estimate of drug-likeness (QED) is 0.189. The molecule has 3 amide bonds. The van der Waals surface area contributed by atoms with Gasteiger partial charge in [-0.25, -0.2) is 9.59 Å². The number of amides is 3. The van der Waals surface area contributed by atoms with Gasteiger partial charge in [0.1, 0.15) is 12.7 Å².